The minimum Gasteiger partial charge on any atom is -0.444 e. The number of ether oxygens (including phenoxy) is 1. The first-order valence-electron chi connectivity index (χ1n) is 11.8. The highest BCUT2D eigenvalue weighted by molar-refractivity contribution is 5.68. The summed E-state index contributed by atoms with van der Waals surface area (Å²) < 4.78 is 7.40. The Balaban J connectivity index is 1.52. The van der Waals surface area contributed by atoms with Gasteiger partial charge in [0.2, 0.25) is 0 Å². The molecule has 1 saturated carbocycles. The molecule has 6 heteroatoms. The predicted octanol–water partition coefficient (Wildman–Crippen LogP) is 5.04. The number of likely N-dealkylation sites (tertiary alicyclic amines) is 1. The van der Waals surface area contributed by atoms with E-state index in [4.69, 9.17) is 4.74 Å². The van der Waals surface area contributed by atoms with Crippen LogP contribution in [0, 0.1) is 18.3 Å². The van der Waals surface area contributed by atoms with Gasteiger partial charge in [-0.05, 0) is 63.9 Å². The summed E-state index contributed by atoms with van der Waals surface area (Å²) in [5, 5.41) is 0. The number of nitrogens with zero attached hydrogens (tertiary/aromatic N) is 3. The summed E-state index contributed by atoms with van der Waals surface area (Å²) in [6.45, 7) is 9.79. The molecule has 6 nitrogen and oxygen atoms in total. The van der Waals surface area contributed by atoms with Crippen molar-refractivity contribution in [2.45, 2.75) is 71.9 Å². The third-order valence-corrected chi connectivity index (χ3v) is 7.09. The third kappa shape index (κ3) is 4.74. The maximum absolute atomic E-state index is 13.0. The zero-order valence-corrected chi connectivity index (χ0v) is 19.8. The largest absolute Gasteiger partial charge is 0.444 e. The van der Waals surface area contributed by atoms with Gasteiger partial charge in [0, 0.05) is 31.3 Å². The van der Waals surface area contributed by atoms with Crippen molar-refractivity contribution in [3.63, 3.8) is 0 Å². The second kappa shape index (κ2) is 8.72. The second-order valence-electron chi connectivity index (χ2n) is 10.5. The molecule has 2 aliphatic rings. The van der Waals surface area contributed by atoms with E-state index in [1.807, 2.05) is 56.9 Å². The van der Waals surface area contributed by atoms with Crippen molar-refractivity contribution in [2.75, 3.05) is 13.1 Å². The first kappa shape index (κ1) is 22.6. The van der Waals surface area contributed by atoms with Gasteiger partial charge in [0.1, 0.15) is 5.60 Å². The highest BCUT2D eigenvalue weighted by Gasteiger charge is 2.46. The Hall–Kier alpha value is -2.63. The fourth-order valence-corrected chi connectivity index (χ4v) is 5.43. The van der Waals surface area contributed by atoms with Crippen molar-refractivity contribution < 1.29 is 9.53 Å². The van der Waals surface area contributed by atoms with Crippen LogP contribution in [-0.2, 0) is 11.3 Å². The van der Waals surface area contributed by atoms with Gasteiger partial charge in [-0.1, -0.05) is 37.1 Å². The smallest absolute Gasteiger partial charge is 0.410 e. The van der Waals surface area contributed by atoms with Crippen LogP contribution >= 0.6 is 0 Å². The van der Waals surface area contributed by atoms with Gasteiger partial charge in [-0.15, -0.1) is 0 Å². The molecule has 0 N–H and O–H groups in total. The van der Waals surface area contributed by atoms with Gasteiger partial charge >= 0.3 is 6.09 Å². The summed E-state index contributed by atoms with van der Waals surface area (Å²) in [5.74, 6) is 0.354. The van der Waals surface area contributed by atoms with E-state index in [2.05, 4.69) is 4.98 Å². The minimum absolute atomic E-state index is 0.0130. The molecular formula is C26H35N3O3. The van der Waals surface area contributed by atoms with E-state index in [1.54, 1.807) is 17.0 Å². The first-order valence-corrected chi connectivity index (χ1v) is 11.8. The predicted molar refractivity (Wildman–Crippen MR) is 125 cm³/mol. The molecule has 32 heavy (non-hydrogen) atoms. The third-order valence-electron chi connectivity index (χ3n) is 7.09. The quantitative estimate of drug-likeness (QED) is 0.675. The Morgan fingerprint density at radius 2 is 1.94 bits per heavy atom. The van der Waals surface area contributed by atoms with E-state index in [1.165, 1.54) is 12.8 Å². The second-order valence-corrected chi connectivity index (χ2v) is 10.5. The number of benzene rings is 1. The van der Waals surface area contributed by atoms with Crippen LogP contribution in [-0.4, -0.2) is 39.2 Å². The number of carbonyl (C=O) groups is 1. The molecule has 1 spiro atoms. The van der Waals surface area contributed by atoms with Crippen molar-refractivity contribution in [1.82, 2.24) is 14.5 Å². The molecule has 1 aliphatic heterocycles. The Labute approximate surface area is 190 Å². The molecule has 1 aliphatic carbocycles. The summed E-state index contributed by atoms with van der Waals surface area (Å²) in [5.41, 5.74) is 2.38. The maximum Gasteiger partial charge on any atom is 0.410 e. The zero-order chi connectivity index (χ0) is 22.9. The van der Waals surface area contributed by atoms with Crippen LogP contribution in [0.5, 0.6) is 0 Å². The molecule has 172 valence electrons. The van der Waals surface area contributed by atoms with E-state index >= 15 is 0 Å². The summed E-state index contributed by atoms with van der Waals surface area (Å²) in [4.78, 5) is 32.2. The summed E-state index contributed by atoms with van der Waals surface area (Å²) in [6.07, 6.45) is 6.92. The van der Waals surface area contributed by atoms with Gasteiger partial charge in [0.25, 0.3) is 5.56 Å². The van der Waals surface area contributed by atoms with Gasteiger partial charge in [-0.3, -0.25) is 9.36 Å². The molecule has 4 rings (SSSR count). The van der Waals surface area contributed by atoms with E-state index in [-0.39, 0.29) is 17.1 Å². The standard InChI is InChI=1S/C26H35N3O3/c1-19-9-5-6-10-21(19)22-15-23(30)29(18-27-22)16-20-11-14-28(24(31)32-25(2,3)4)17-26(20)12-7-8-13-26/h5-6,9-10,15,18,20H,7-8,11-14,16-17H2,1-4H3/t20-/m1/s1. The fraction of sp³-hybridized carbons (Fsp3) is 0.577. The number of hydrogen-bond donors (Lipinski definition) is 0. The van der Waals surface area contributed by atoms with Gasteiger partial charge in [0.15, 0.2) is 0 Å². The summed E-state index contributed by atoms with van der Waals surface area (Å²) in [6, 6.07) is 9.65. The van der Waals surface area contributed by atoms with E-state index in [0.29, 0.717) is 19.0 Å². The number of hydrogen-bond acceptors (Lipinski definition) is 4. The van der Waals surface area contributed by atoms with Gasteiger partial charge in [0.05, 0.1) is 12.0 Å². The molecule has 1 aromatic carbocycles. The van der Waals surface area contributed by atoms with Crippen LogP contribution in [0.1, 0.15) is 58.4 Å². The number of carbonyl (C=O) groups excluding carboxylic acids is 1. The van der Waals surface area contributed by atoms with Gasteiger partial charge in [-0.25, -0.2) is 9.78 Å². The van der Waals surface area contributed by atoms with Crippen molar-refractivity contribution in [3.8, 4) is 11.3 Å². The molecule has 2 fully saturated rings. The lowest BCUT2D eigenvalue weighted by Crippen LogP contribution is -2.52. The monoisotopic (exact) mass is 437 g/mol. The van der Waals surface area contributed by atoms with Crippen LogP contribution in [0.15, 0.2) is 41.5 Å². The van der Waals surface area contributed by atoms with Crippen molar-refractivity contribution >= 4 is 6.09 Å². The minimum atomic E-state index is -0.491. The van der Waals surface area contributed by atoms with Crippen LogP contribution in [0.25, 0.3) is 11.3 Å². The van der Waals surface area contributed by atoms with Crippen LogP contribution in [0.4, 0.5) is 4.79 Å². The first-order chi connectivity index (χ1) is 15.2. The van der Waals surface area contributed by atoms with Crippen LogP contribution in [0.3, 0.4) is 0 Å². The Morgan fingerprint density at radius 3 is 2.59 bits per heavy atom. The highest BCUT2D eigenvalue weighted by Crippen LogP contribution is 2.49. The number of rotatable bonds is 3. The van der Waals surface area contributed by atoms with Crippen LogP contribution in [0.2, 0.25) is 0 Å². The molecule has 0 unspecified atom stereocenters. The van der Waals surface area contributed by atoms with E-state index in [0.717, 1.165) is 42.6 Å². The van der Waals surface area contributed by atoms with Gasteiger partial charge in [-0.2, -0.15) is 0 Å². The van der Waals surface area contributed by atoms with E-state index < -0.39 is 5.60 Å². The van der Waals surface area contributed by atoms with Crippen LogP contribution < -0.4 is 5.56 Å². The maximum atomic E-state index is 13.0. The fourth-order valence-electron chi connectivity index (χ4n) is 5.43. The van der Waals surface area contributed by atoms with E-state index in [9.17, 15) is 9.59 Å². The molecule has 1 aromatic heterocycles. The number of aryl methyl sites for hydroxylation is 1. The lowest BCUT2D eigenvalue weighted by Gasteiger charge is -2.46. The molecule has 2 aromatic rings. The van der Waals surface area contributed by atoms with Gasteiger partial charge < -0.3 is 9.64 Å². The highest BCUT2D eigenvalue weighted by atomic mass is 16.6. The lowest BCUT2D eigenvalue weighted by atomic mass is 9.69. The average Bonchev–Trinajstić information content (AvgIpc) is 3.19. The SMILES string of the molecule is Cc1ccccc1-c1cc(=O)n(C[C@H]2CCN(C(=O)OC(C)(C)C)CC23CCCC3)cn1. The molecule has 1 atom stereocenters. The Morgan fingerprint density at radius 1 is 1.22 bits per heavy atom. The Kier molecular flexibility index (Phi) is 6.15. The lowest BCUT2D eigenvalue weighted by molar-refractivity contribution is -0.0156. The number of amides is 1. The normalized spacial score (nSPS) is 20.5. The topological polar surface area (TPSA) is 64.4 Å². The summed E-state index contributed by atoms with van der Waals surface area (Å²) in [7, 11) is 0. The van der Waals surface area contributed by atoms with Crippen molar-refractivity contribution in [3.05, 3.63) is 52.6 Å². The molecule has 0 radical (unpaired) electrons. The molecular weight excluding hydrogens is 402 g/mol. The summed E-state index contributed by atoms with van der Waals surface area (Å²) >= 11 is 0. The van der Waals surface area contributed by atoms with Crippen molar-refractivity contribution in [2.24, 2.45) is 11.3 Å². The number of piperidine rings is 1. The zero-order valence-electron chi connectivity index (χ0n) is 19.8. The molecule has 1 saturated heterocycles. The van der Waals surface area contributed by atoms with Crippen molar-refractivity contribution in [1.29, 1.82) is 0 Å². The molecule has 2 heterocycles. The number of aromatic nitrogens is 2. The molecule has 0 bridgehead atoms. The average molecular weight is 438 g/mol. The Bertz CT molecular complexity index is 1030. The molecule has 1 amide bonds.